The summed E-state index contributed by atoms with van der Waals surface area (Å²) in [6.45, 7) is 0.781. The van der Waals surface area contributed by atoms with Gasteiger partial charge >= 0.3 is 0 Å². The number of benzene rings is 1. The summed E-state index contributed by atoms with van der Waals surface area (Å²) in [6.07, 6.45) is 5.84. The standard InChI is InChI=1S/C15H17BrFNO/c16-11-5-6-12(13(17)9-11)15(19)18-8-7-10-3-1-2-4-14(10)18/h5-6,9-10,14H,1-4,7-8H2. The zero-order valence-corrected chi connectivity index (χ0v) is 12.3. The molecule has 2 nitrogen and oxygen atoms in total. The normalized spacial score (nSPS) is 26.3. The maximum atomic E-state index is 13.9. The van der Waals surface area contributed by atoms with Crippen molar-refractivity contribution < 1.29 is 9.18 Å². The average molecular weight is 326 g/mol. The third kappa shape index (κ3) is 2.42. The number of amides is 1. The molecule has 0 radical (unpaired) electrons. The lowest BCUT2D eigenvalue weighted by Gasteiger charge is -2.31. The molecule has 3 rings (SSSR count). The summed E-state index contributed by atoms with van der Waals surface area (Å²) in [5, 5.41) is 0. The van der Waals surface area contributed by atoms with Gasteiger partial charge in [0.15, 0.2) is 0 Å². The van der Waals surface area contributed by atoms with E-state index in [1.54, 1.807) is 12.1 Å². The number of nitrogens with zero attached hydrogens (tertiary/aromatic N) is 1. The average Bonchev–Trinajstić information content (AvgIpc) is 2.82. The monoisotopic (exact) mass is 325 g/mol. The molecule has 1 heterocycles. The molecule has 1 aromatic rings. The van der Waals surface area contributed by atoms with Crippen LogP contribution in [-0.2, 0) is 0 Å². The number of halogens is 2. The van der Waals surface area contributed by atoms with E-state index in [2.05, 4.69) is 15.9 Å². The van der Waals surface area contributed by atoms with Crippen molar-refractivity contribution in [2.24, 2.45) is 5.92 Å². The van der Waals surface area contributed by atoms with Gasteiger partial charge in [-0.15, -0.1) is 0 Å². The third-order valence-corrected chi connectivity index (χ3v) is 4.93. The van der Waals surface area contributed by atoms with E-state index in [1.165, 1.54) is 25.3 Å². The van der Waals surface area contributed by atoms with Crippen LogP contribution in [0.1, 0.15) is 42.5 Å². The molecular formula is C15H17BrFNO. The largest absolute Gasteiger partial charge is 0.335 e. The first kappa shape index (κ1) is 13.1. The molecule has 1 amide bonds. The Hall–Kier alpha value is -0.900. The van der Waals surface area contributed by atoms with E-state index >= 15 is 0 Å². The van der Waals surface area contributed by atoms with Crippen LogP contribution >= 0.6 is 15.9 Å². The smallest absolute Gasteiger partial charge is 0.257 e. The van der Waals surface area contributed by atoms with E-state index in [0.29, 0.717) is 16.4 Å². The lowest BCUT2D eigenvalue weighted by molar-refractivity contribution is 0.0685. The van der Waals surface area contributed by atoms with E-state index in [4.69, 9.17) is 0 Å². The number of hydrogen-bond donors (Lipinski definition) is 0. The fourth-order valence-electron chi connectivity index (χ4n) is 3.48. The van der Waals surface area contributed by atoms with Crippen LogP contribution in [0.15, 0.2) is 22.7 Å². The maximum absolute atomic E-state index is 13.9. The van der Waals surface area contributed by atoms with Gasteiger partial charge in [-0.05, 0) is 43.4 Å². The predicted molar refractivity (Wildman–Crippen MR) is 75.5 cm³/mol. The van der Waals surface area contributed by atoms with Crippen LogP contribution in [0.5, 0.6) is 0 Å². The second-order valence-electron chi connectivity index (χ2n) is 5.52. The zero-order chi connectivity index (χ0) is 13.4. The van der Waals surface area contributed by atoms with Gasteiger partial charge in [0.05, 0.1) is 5.56 Å². The highest BCUT2D eigenvalue weighted by molar-refractivity contribution is 9.10. The minimum Gasteiger partial charge on any atom is -0.335 e. The van der Waals surface area contributed by atoms with Crippen molar-refractivity contribution in [3.05, 3.63) is 34.1 Å². The van der Waals surface area contributed by atoms with E-state index in [0.717, 1.165) is 19.4 Å². The number of likely N-dealkylation sites (tertiary alicyclic amines) is 1. The van der Waals surface area contributed by atoms with Crippen LogP contribution < -0.4 is 0 Å². The summed E-state index contributed by atoms with van der Waals surface area (Å²) in [7, 11) is 0. The summed E-state index contributed by atoms with van der Waals surface area (Å²) in [6, 6.07) is 5.01. The van der Waals surface area contributed by atoms with Gasteiger partial charge in [-0.3, -0.25) is 4.79 Å². The second kappa shape index (κ2) is 5.23. The molecule has 1 saturated carbocycles. The molecule has 0 aromatic heterocycles. The quantitative estimate of drug-likeness (QED) is 0.764. The maximum Gasteiger partial charge on any atom is 0.257 e. The molecule has 2 atom stereocenters. The molecule has 1 aliphatic carbocycles. The summed E-state index contributed by atoms with van der Waals surface area (Å²) in [5.41, 5.74) is 0.203. The Kier molecular flexibility index (Phi) is 3.61. The molecule has 102 valence electrons. The van der Waals surface area contributed by atoms with Crippen LogP contribution in [0.25, 0.3) is 0 Å². The molecule has 1 aromatic carbocycles. The Labute approximate surface area is 121 Å². The van der Waals surface area contributed by atoms with Crippen LogP contribution in [0, 0.1) is 11.7 Å². The van der Waals surface area contributed by atoms with Crippen LogP contribution in [0.2, 0.25) is 0 Å². The van der Waals surface area contributed by atoms with Gasteiger partial charge in [0.25, 0.3) is 5.91 Å². The lowest BCUT2D eigenvalue weighted by Crippen LogP contribution is -2.39. The number of rotatable bonds is 1. The molecule has 0 N–H and O–H groups in total. The minimum atomic E-state index is -0.432. The van der Waals surface area contributed by atoms with Crippen molar-refractivity contribution in [2.45, 2.75) is 38.1 Å². The fourth-order valence-corrected chi connectivity index (χ4v) is 3.81. The molecule has 1 saturated heterocycles. The third-order valence-electron chi connectivity index (χ3n) is 4.43. The highest BCUT2D eigenvalue weighted by atomic mass is 79.9. The van der Waals surface area contributed by atoms with E-state index in [1.807, 2.05) is 4.90 Å². The van der Waals surface area contributed by atoms with Gasteiger partial charge in [-0.1, -0.05) is 28.8 Å². The summed E-state index contributed by atoms with van der Waals surface area (Å²) >= 11 is 3.22. The number of carbonyl (C=O) groups excluding carboxylic acids is 1. The van der Waals surface area contributed by atoms with Crippen LogP contribution in [0.3, 0.4) is 0 Å². The molecular weight excluding hydrogens is 309 g/mol. The van der Waals surface area contributed by atoms with Crippen molar-refractivity contribution in [3.63, 3.8) is 0 Å². The van der Waals surface area contributed by atoms with E-state index < -0.39 is 5.82 Å². The molecule has 0 spiro atoms. The van der Waals surface area contributed by atoms with Gasteiger partial charge in [0, 0.05) is 17.1 Å². The summed E-state index contributed by atoms with van der Waals surface area (Å²) < 4.78 is 14.6. The SMILES string of the molecule is O=C(c1ccc(Br)cc1F)N1CCC2CCCCC21. The Morgan fingerprint density at radius 2 is 2.05 bits per heavy atom. The van der Waals surface area contributed by atoms with Gasteiger partial charge < -0.3 is 4.90 Å². The number of fused-ring (bicyclic) bond motifs is 1. The first-order valence-electron chi connectivity index (χ1n) is 6.93. The van der Waals surface area contributed by atoms with Crippen molar-refractivity contribution >= 4 is 21.8 Å². The molecule has 2 fully saturated rings. The van der Waals surface area contributed by atoms with Crippen molar-refractivity contribution in [1.29, 1.82) is 0 Å². The lowest BCUT2D eigenvalue weighted by atomic mass is 9.85. The Morgan fingerprint density at radius 3 is 2.84 bits per heavy atom. The first-order chi connectivity index (χ1) is 9.16. The van der Waals surface area contributed by atoms with Gasteiger partial charge in [0.1, 0.15) is 5.82 Å². The van der Waals surface area contributed by atoms with Crippen LogP contribution in [0.4, 0.5) is 4.39 Å². The summed E-state index contributed by atoms with van der Waals surface area (Å²) in [4.78, 5) is 14.4. The second-order valence-corrected chi connectivity index (χ2v) is 6.44. The van der Waals surface area contributed by atoms with Crippen LogP contribution in [-0.4, -0.2) is 23.4 Å². The molecule has 0 bridgehead atoms. The highest BCUT2D eigenvalue weighted by Gasteiger charge is 2.38. The van der Waals surface area contributed by atoms with Gasteiger partial charge in [-0.2, -0.15) is 0 Å². The van der Waals surface area contributed by atoms with Gasteiger partial charge in [0.2, 0.25) is 0 Å². The summed E-state index contributed by atoms with van der Waals surface area (Å²) in [5.74, 6) is 0.0641. The highest BCUT2D eigenvalue weighted by Crippen LogP contribution is 2.37. The first-order valence-corrected chi connectivity index (χ1v) is 7.72. The fraction of sp³-hybridized carbons (Fsp3) is 0.533. The molecule has 2 aliphatic rings. The number of hydrogen-bond acceptors (Lipinski definition) is 1. The van der Waals surface area contributed by atoms with Crippen molar-refractivity contribution in [1.82, 2.24) is 4.90 Å². The zero-order valence-electron chi connectivity index (χ0n) is 10.7. The Morgan fingerprint density at radius 1 is 1.26 bits per heavy atom. The molecule has 2 unspecified atom stereocenters. The van der Waals surface area contributed by atoms with Crippen molar-refractivity contribution in [2.75, 3.05) is 6.54 Å². The predicted octanol–water partition coefficient (Wildman–Crippen LogP) is 3.99. The van der Waals surface area contributed by atoms with E-state index in [-0.39, 0.29) is 11.5 Å². The van der Waals surface area contributed by atoms with E-state index in [9.17, 15) is 9.18 Å². The molecule has 1 aliphatic heterocycles. The Bertz CT molecular complexity index is 505. The van der Waals surface area contributed by atoms with Gasteiger partial charge in [-0.25, -0.2) is 4.39 Å². The Balaban J connectivity index is 1.83. The molecule has 4 heteroatoms. The number of carbonyl (C=O) groups is 1. The minimum absolute atomic E-state index is 0.139. The topological polar surface area (TPSA) is 20.3 Å². The molecule has 19 heavy (non-hydrogen) atoms. The van der Waals surface area contributed by atoms with Crippen molar-refractivity contribution in [3.8, 4) is 0 Å².